The first kappa shape index (κ1) is 20.8. The quantitative estimate of drug-likeness (QED) is 0.707. The summed E-state index contributed by atoms with van der Waals surface area (Å²) in [4.78, 5) is 14.7. The molecule has 2 fully saturated rings. The maximum absolute atomic E-state index is 13.4. The lowest BCUT2D eigenvalue weighted by atomic mass is 9.98. The van der Waals surface area contributed by atoms with E-state index in [0.717, 1.165) is 0 Å². The Kier molecular flexibility index (Phi) is 6.07. The molecule has 0 aromatic carbocycles. The number of nitrogens with zero attached hydrogens (tertiary/aromatic N) is 3. The summed E-state index contributed by atoms with van der Waals surface area (Å²) in [5, 5.41) is 3.85. The molecule has 0 radical (unpaired) electrons. The van der Waals surface area contributed by atoms with Crippen LogP contribution in [0.4, 0.5) is 0 Å². The number of ether oxygens (including phenoxy) is 1. The predicted octanol–water partition coefficient (Wildman–Crippen LogP) is 2.01. The van der Waals surface area contributed by atoms with E-state index >= 15 is 0 Å². The van der Waals surface area contributed by atoms with E-state index in [4.69, 9.17) is 13.7 Å². The molecule has 0 bridgehead atoms. The van der Waals surface area contributed by atoms with Gasteiger partial charge >= 0.3 is 0 Å². The molecule has 1 unspecified atom stereocenters. The van der Waals surface area contributed by atoms with E-state index in [1.54, 1.807) is 30.0 Å². The fourth-order valence-corrected chi connectivity index (χ4v) is 5.65. The summed E-state index contributed by atoms with van der Waals surface area (Å²) in [6.45, 7) is 4.26. The van der Waals surface area contributed by atoms with Crippen LogP contribution in [0.5, 0.6) is 0 Å². The van der Waals surface area contributed by atoms with Crippen LogP contribution in [-0.4, -0.2) is 68.1 Å². The van der Waals surface area contributed by atoms with Gasteiger partial charge in [-0.05, 0) is 44.1 Å². The molecular weight excluding hydrogens is 410 g/mol. The van der Waals surface area contributed by atoms with Gasteiger partial charge in [-0.1, -0.05) is 5.16 Å². The highest BCUT2D eigenvalue weighted by Crippen LogP contribution is 2.30. The Morgan fingerprint density at radius 1 is 1.23 bits per heavy atom. The van der Waals surface area contributed by atoms with Crippen molar-refractivity contribution in [3.63, 3.8) is 0 Å². The van der Waals surface area contributed by atoms with E-state index in [2.05, 4.69) is 5.16 Å². The molecule has 2 aromatic rings. The van der Waals surface area contributed by atoms with Gasteiger partial charge in [0.1, 0.15) is 11.5 Å². The fraction of sp³-hybridized carbons (Fsp3) is 0.500. The highest BCUT2D eigenvalue weighted by Gasteiger charge is 2.38. The largest absolute Gasteiger partial charge is 0.465 e. The summed E-state index contributed by atoms with van der Waals surface area (Å²) in [6.07, 6.45) is 5.99. The average Bonchev–Trinajstić information content (AvgIpc) is 3.42. The minimum Gasteiger partial charge on any atom is -0.465 e. The number of hydrogen-bond acceptors (Lipinski definition) is 7. The van der Waals surface area contributed by atoms with Gasteiger partial charge in [-0.3, -0.25) is 4.79 Å². The first-order valence-corrected chi connectivity index (χ1v) is 11.5. The summed E-state index contributed by atoms with van der Waals surface area (Å²) in [6, 6.07) is 3.49. The fourth-order valence-electron chi connectivity index (χ4n) is 3.88. The van der Waals surface area contributed by atoms with Crippen molar-refractivity contribution in [2.45, 2.75) is 24.7 Å². The van der Waals surface area contributed by atoms with E-state index in [-0.39, 0.29) is 34.7 Å². The van der Waals surface area contributed by atoms with Crippen LogP contribution in [0, 0.1) is 12.8 Å². The topological polar surface area (TPSA) is 106 Å². The Morgan fingerprint density at radius 3 is 2.77 bits per heavy atom. The van der Waals surface area contributed by atoms with Gasteiger partial charge in [0, 0.05) is 26.2 Å². The highest BCUT2D eigenvalue weighted by molar-refractivity contribution is 7.89. The second-order valence-electron chi connectivity index (χ2n) is 7.45. The summed E-state index contributed by atoms with van der Waals surface area (Å²) >= 11 is 0. The lowest BCUT2D eigenvalue weighted by molar-refractivity contribution is -0.140. The predicted molar refractivity (Wildman–Crippen MR) is 108 cm³/mol. The molecule has 0 spiro atoms. The van der Waals surface area contributed by atoms with Crippen molar-refractivity contribution in [1.29, 1.82) is 0 Å². The Hall–Kier alpha value is -2.43. The van der Waals surface area contributed by atoms with Crippen LogP contribution in [0.25, 0.3) is 12.2 Å². The molecule has 2 aliphatic rings. The monoisotopic (exact) mass is 435 g/mol. The normalized spacial score (nSPS) is 21.4. The Morgan fingerprint density at radius 2 is 2.03 bits per heavy atom. The zero-order valence-corrected chi connectivity index (χ0v) is 17.6. The van der Waals surface area contributed by atoms with E-state index in [1.165, 1.54) is 16.6 Å². The zero-order valence-electron chi connectivity index (χ0n) is 16.8. The number of piperidine rings is 1. The number of amides is 1. The molecule has 10 heteroatoms. The molecule has 2 aromatic heterocycles. The highest BCUT2D eigenvalue weighted by atomic mass is 32.2. The van der Waals surface area contributed by atoms with Crippen molar-refractivity contribution in [3.8, 4) is 0 Å². The number of aromatic nitrogens is 1. The second-order valence-corrected chi connectivity index (χ2v) is 9.32. The molecule has 30 heavy (non-hydrogen) atoms. The van der Waals surface area contributed by atoms with E-state index in [9.17, 15) is 13.2 Å². The Balaban J connectivity index is 1.54. The van der Waals surface area contributed by atoms with Crippen molar-refractivity contribution in [2.75, 3.05) is 39.4 Å². The second kappa shape index (κ2) is 8.75. The lowest BCUT2D eigenvalue weighted by Gasteiger charge is -2.35. The van der Waals surface area contributed by atoms with Gasteiger partial charge in [-0.15, -0.1) is 0 Å². The summed E-state index contributed by atoms with van der Waals surface area (Å²) in [5.41, 5.74) is 0.288. The molecule has 0 N–H and O–H groups in total. The number of morpholine rings is 1. The van der Waals surface area contributed by atoms with Crippen LogP contribution in [0.15, 0.2) is 32.2 Å². The maximum atomic E-state index is 13.4. The van der Waals surface area contributed by atoms with Crippen molar-refractivity contribution >= 4 is 28.1 Å². The smallest absolute Gasteiger partial charge is 0.248 e. The van der Waals surface area contributed by atoms with Crippen LogP contribution in [-0.2, 0) is 19.6 Å². The standard InChI is InChI=1S/C20H25N3O6S/c1-15-19(18(29-21-15)7-6-17-5-3-11-28-17)30(25,26)23-8-2-4-16(14-23)20(24)22-9-12-27-13-10-22/h3,5-7,11,16H,2,4,8-10,12-14H2,1H3. The summed E-state index contributed by atoms with van der Waals surface area (Å²) in [5.74, 6) is 0.360. The first-order valence-electron chi connectivity index (χ1n) is 10.0. The van der Waals surface area contributed by atoms with Gasteiger partial charge in [0.05, 0.1) is 25.4 Å². The van der Waals surface area contributed by atoms with Gasteiger partial charge in [0.15, 0.2) is 10.7 Å². The van der Waals surface area contributed by atoms with Crippen LogP contribution < -0.4 is 0 Å². The average molecular weight is 436 g/mol. The number of hydrogen-bond donors (Lipinski definition) is 0. The van der Waals surface area contributed by atoms with Gasteiger partial charge in [-0.2, -0.15) is 4.31 Å². The third-order valence-electron chi connectivity index (χ3n) is 5.43. The molecule has 0 aliphatic carbocycles. The van der Waals surface area contributed by atoms with Crippen molar-refractivity contribution in [2.24, 2.45) is 5.92 Å². The number of sulfonamides is 1. The Labute approximate surface area is 175 Å². The molecule has 162 valence electrons. The SMILES string of the molecule is Cc1noc(C=Cc2ccco2)c1S(=O)(=O)N1CCCC(C(=O)N2CCOCC2)C1. The van der Waals surface area contributed by atoms with Gasteiger partial charge in [-0.25, -0.2) is 8.42 Å². The van der Waals surface area contributed by atoms with Gasteiger partial charge < -0.3 is 18.6 Å². The molecule has 9 nitrogen and oxygen atoms in total. The van der Waals surface area contributed by atoms with Crippen LogP contribution in [0.1, 0.15) is 30.1 Å². The van der Waals surface area contributed by atoms with Crippen molar-refractivity contribution in [1.82, 2.24) is 14.4 Å². The van der Waals surface area contributed by atoms with E-state index in [1.807, 2.05) is 0 Å². The molecule has 1 amide bonds. The molecule has 0 saturated carbocycles. The Bertz CT molecular complexity index is 1010. The van der Waals surface area contributed by atoms with Crippen LogP contribution in [0.3, 0.4) is 0 Å². The molecule has 4 rings (SSSR count). The third-order valence-corrected chi connectivity index (χ3v) is 7.45. The summed E-state index contributed by atoms with van der Waals surface area (Å²) in [7, 11) is -3.87. The molecule has 1 atom stereocenters. The summed E-state index contributed by atoms with van der Waals surface area (Å²) < 4.78 is 44.0. The van der Waals surface area contributed by atoms with E-state index in [0.29, 0.717) is 51.4 Å². The number of carbonyl (C=O) groups is 1. The molecule has 2 saturated heterocycles. The van der Waals surface area contributed by atoms with Gasteiger partial charge in [0.2, 0.25) is 15.9 Å². The molecular formula is C20H25N3O6S. The van der Waals surface area contributed by atoms with Crippen molar-refractivity contribution < 1.29 is 26.9 Å². The third kappa shape index (κ3) is 4.21. The van der Waals surface area contributed by atoms with E-state index < -0.39 is 10.0 Å². The minimum absolute atomic E-state index is 0.00169. The lowest BCUT2D eigenvalue weighted by Crippen LogP contribution is -2.49. The molecule has 4 heterocycles. The number of rotatable bonds is 5. The number of carbonyl (C=O) groups excluding carboxylic acids is 1. The van der Waals surface area contributed by atoms with Gasteiger partial charge in [0.25, 0.3) is 0 Å². The zero-order chi connectivity index (χ0) is 21.1. The first-order chi connectivity index (χ1) is 14.5. The molecule has 2 aliphatic heterocycles. The van der Waals surface area contributed by atoms with Crippen molar-refractivity contribution in [3.05, 3.63) is 35.6 Å². The number of furan rings is 1. The minimum atomic E-state index is -3.87. The van der Waals surface area contributed by atoms with Crippen LogP contribution in [0.2, 0.25) is 0 Å². The van der Waals surface area contributed by atoms with Crippen LogP contribution >= 0.6 is 0 Å². The maximum Gasteiger partial charge on any atom is 0.248 e. The number of aryl methyl sites for hydroxylation is 1.